The Balaban J connectivity index is 1.61. The van der Waals surface area contributed by atoms with Crippen LogP contribution in [0.1, 0.15) is 37.3 Å². The van der Waals surface area contributed by atoms with E-state index in [1.54, 1.807) is 41.8 Å². The van der Waals surface area contributed by atoms with Gasteiger partial charge in [0, 0.05) is 30.6 Å². The number of hydrogen-bond donors (Lipinski definition) is 0. The van der Waals surface area contributed by atoms with E-state index in [1.807, 2.05) is 20.0 Å². The highest BCUT2D eigenvalue weighted by molar-refractivity contribution is 7.89. The van der Waals surface area contributed by atoms with Crippen LogP contribution < -0.4 is 4.74 Å². The lowest BCUT2D eigenvalue weighted by Gasteiger charge is -2.17. The summed E-state index contributed by atoms with van der Waals surface area (Å²) >= 11 is 0. The number of ether oxygens (including phenoxy) is 1. The summed E-state index contributed by atoms with van der Waals surface area (Å²) in [4.78, 5) is 11.3. The third kappa shape index (κ3) is 4.17. The molecule has 1 unspecified atom stereocenters. The summed E-state index contributed by atoms with van der Waals surface area (Å²) in [5, 5.41) is 0.866. The highest BCUT2D eigenvalue weighted by Crippen LogP contribution is 2.37. The normalized spacial score (nSPS) is 17.3. The average molecular weight is 459 g/mol. The van der Waals surface area contributed by atoms with Crippen LogP contribution in [0, 0.1) is 12.7 Å². The molecule has 1 aromatic heterocycles. The number of carbonyl (C=O) groups is 1. The molecule has 0 aliphatic carbocycles. The quantitative estimate of drug-likeness (QED) is 0.497. The van der Waals surface area contributed by atoms with Crippen molar-refractivity contribution in [1.29, 1.82) is 0 Å². The van der Waals surface area contributed by atoms with Gasteiger partial charge in [0.1, 0.15) is 17.9 Å². The van der Waals surface area contributed by atoms with Gasteiger partial charge in [0.15, 0.2) is 0 Å². The summed E-state index contributed by atoms with van der Waals surface area (Å²) in [6.07, 6.45) is 3.30. The van der Waals surface area contributed by atoms with Crippen molar-refractivity contribution in [2.45, 2.75) is 50.7 Å². The lowest BCUT2D eigenvalue weighted by atomic mass is 9.97. The first-order chi connectivity index (χ1) is 15.2. The molecule has 170 valence electrons. The van der Waals surface area contributed by atoms with Gasteiger partial charge < -0.3 is 14.1 Å². The number of halogens is 1. The van der Waals surface area contributed by atoms with Crippen LogP contribution in [0.15, 0.2) is 47.5 Å². The van der Waals surface area contributed by atoms with Gasteiger partial charge in [-0.15, -0.1) is 0 Å². The summed E-state index contributed by atoms with van der Waals surface area (Å²) < 4.78 is 49.4. The summed E-state index contributed by atoms with van der Waals surface area (Å²) in [6, 6.07) is 9.72. The van der Waals surface area contributed by atoms with Crippen molar-refractivity contribution >= 4 is 27.2 Å². The van der Waals surface area contributed by atoms with Crippen molar-refractivity contribution in [3.05, 3.63) is 59.5 Å². The molecule has 0 N–H and O–H groups in total. The molecule has 1 atom stereocenters. The van der Waals surface area contributed by atoms with Gasteiger partial charge in [0.05, 0.1) is 23.1 Å². The number of carbonyl (C=O) groups excluding carboxylic acids is 1. The van der Waals surface area contributed by atoms with Gasteiger partial charge in [-0.05, 0) is 74.7 Å². The molecule has 2 aromatic carbocycles. The van der Waals surface area contributed by atoms with Crippen LogP contribution in [0.25, 0.3) is 10.9 Å². The van der Waals surface area contributed by atoms with Crippen LogP contribution in [0.5, 0.6) is 5.75 Å². The Morgan fingerprint density at radius 1 is 1.22 bits per heavy atom. The number of rotatable bonds is 7. The zero-order valence-corrected chi connectivity index (χ0v) is 19.2. The van der Waals surface area contributed by atoms with Crippen LogP contribution in [0.3, 0.4) is 0 Å². The minimum atomic E-state index is -3.64. The predicted molar refractivity (Wildman–Crippen MR) is 121 cm³/mol. The Labute approximate surface area is 187 Å². The van der Waals surface area contributed by atoms with E-state index < -0.39 is 10.0 Å². The van der Waals surface area contributed by atoms with E-state index in [2.05, 4.69) is 0 Å². The third-order valence-corrected chi connectivity index (χ3v) is 7.77. The number of hydrogen-bond acceptors (Lipinski definition) is 4. The summed E-state index contributed by atoms with van der Waals surface area (Å²) in [7, 11) is -3.64. The number of aromatic nitrogens is 1. The molecule has 0 saturated carbocycles. The molecule has 1 aliphatic rings. The van der Waals surface area contributed by atoms with Gasteiger partial charge in [-0.2, -0.15) is 4.31 Å². The SMILES string of the molecule is Cc1cc2c(C3CCN(S(=O)(=O)c4ccc(OC(C)C)cc4)C3)cn(CC=O)c2cc1F. The number of sulfonamides is 1. The van der Waals surface area contributed by atoms with E-state index in [1.165, 1.54) is 10.4 Å². The molecule has 6 nitrogen and oxygen atoms in total. The third-order valence-electron chi connectivity index (χ3n) is 5.89. The Bertz CT molecular complexity index is 1250. The topological polar surface area (TPSA) is 68.6 Å². The second-order valence-corrected chi connectivity index (χ2v) is 10.4. The number of benzene rings is 2. The lowest BCUT2D eigenvalue weighted by Crippen LogP contribution is -2.28. The lowest BCUT2D eigenvalue weighted by molar-refractivity contribution is -0.108. The molecule has 0 radical (unpaired) electrons. The molecular formula is C24H27FN2O4S. The summed E-state index contributed by atoms with van der Waals surface area (Å²) in [6.45, 7) is 6.39. The average Bonchev–Trinajstić information content (AvgIpc) is 3.35. The second-order valence-electron chi connectivity index (χ2n) is 8.51. The van der Waals surface area contributed by atoms with Crippen LogP contribution in [-0.4, -0.2) is 42.8 Å². The van der Waals surface area contributed by atoms with Gasteiger partial charge >= 0.3 is 0 Å². The fourth-order valence-electron chi connectivity index (χ4n) is 4.32. The molecule has 0 spiro atoms. The van der Waals surface area contributed by atoms with Crippen molar-refractivity contribution in [2.24, 2.45) is 0 Å². The minimum Gasteiger partial charge on any atom is -0.491 e. The van der Waals surface area contributed by atoms with Crippen molar-refractivity contribution in [3.8, 4) is 5.75 Å². The van der Waals surface area contributed by atoms with Crippen molar-refractivity contribution in [2.75, 3.05) is 13.1 Å². The number of aryl methyl sites for hydroxylation is 1. The van der Waals surface area contributed by atoms with E-state index in [0.29, 0.717) is 36.3 Å². The molecule has 0 bridgehead atoms. The van der Waals surface area contributed by atoms with Crippen molar-refractivity contribution < 1.29 is 22.3 Å². The highest BCUT2D eigenvalue weighted by Gasteiger charge is 2.34. The maximum absolute atomic E-state index is 14.2. The molecule has 32 heavy (non-hydrogen) atoms. The van der Waals surface area contributed by atoms with Gasteiger partial charge in [0.2, 0.25) is 10.0 Å². The fourth-order valence-corrected chi connectivity index (χ4v) is 5.82. The first kappa shape index (κ1) is 22.5. The Morgan fingerprint density at radius 2 is 1.94 bits per heavy atom. The van der Waals surface area contributed by atoms with E-state index >= 15 is 0 Å². The van der Waals surface area contributed by atoms with Crippen LogP contribution in [-0.2, 0) is 21.4 Å². The number of fused-ring (bicyclic) bond motifs is 1. The zero-order valence-electron chi connectivity index (χ0n) is 18.4. The Morgan fingerprint density at radius 3 is 2.59 bits per heavy atom. The smallest absolute Gasteiger partial charge is 0.243 e. The zero-order chi connectivity index (χ0) is 23.0. The van der Waals surface area contributed by atoms with E-state index in [4.69, 9.17) is 4.74 Å². The molecule has 0 amide bonds. The molecular weight excluding hydrogens is 431 g/mol. The van der Waals surface area contributed by atoms with Gasteiger partial charge in [-0.25, -0.2) is 12.8 Å². The van der Waals surface area contributed by atoms with Gasteiger partial charge in [0.25, 0.3) is 0 Å². The monoisotopic (exact) mass is 458 g/mol. The number of aldehydes is 1. The fraction of sp³-hybridized carbons (Fsp3) is 0.375. The van der Waals surface area contributed by atoms with E-state index in [-0.39, 0.29) is 29.3 Å². The standard InChI is InChI=1S/C24H27FN2O4S/c1-16(2)31-19-4-6-20(7-5-19)32(29,30)27-9-8-18(14-27)22-15-26(10-11-28)24-13-23(25)17(3)12-21(22)24/h4-7,11-13,15-16,18H,8-10,14H2,1-3H3. The van der Waals surface area contributed by atoms with E-state index in [0.717, 1.165) is 17.2 Å². The van der Waals surface area contributed by atoms with Crippen LogP contribution in [0.4, 0.5) is 4.39 Å². The Hall–Kier alpha value is -2.71. The molecule has 1 saturated heterocycles. The Kier molecular flexibility index (Phi) is 6.09. The second kappa shape index (κ2) is 8.67. The van der Waals surface area contributed by atoms with Gasteiger partial charge in [-0.1, -0.05) is 0 Å². The predicted octanol–water partition coefficient (Wildman–Crippen LogP) is 4.25. The largest absolute Gasteiger partial charge is 0.491 e. The molecule has 4 rings (SSSR count). The molecule has 3 aromatic rings. The minimum absolute atomic E-state index is 0.00949. The summed E-state index contributed by atoms with van der Waals surface area (Å²) in [5.41, 5.74) is 2.12. The molecule has 2 heterocycles. The number of nitrogens with zero attached hydrogens (tertiary/aromatic N) is 2. The van der Waals surface area contributed by atoms with Crippen LogP contribution >= 0.6 is 0 Å². The molecule has 1 aliphatic heterocycles. The maximum atomic E-state index is 14.2. The maximum Gasteiger partial charge on any atom is 0.243 e. The first-order valence-electron chi connectivity index (χ1n) is 10.7. The van der Waals surface area contributed by atoms with Crippen molar-refractivity contribution in [1.82, 2.24) is 8.87 Å². The highest BCUT2D eigenvalue weighted by atomic mass is 32.2. The van der Waals surface area contributed by atoms with Crippen molar-refractivity contribution in [3.63, 3.8) is 0 Å². The summed E-state index contributed by atoms with van der Waals surface area (Å²) in [5.74, 6) is 0.271. The van der Waals surface area contributed by atoms with Crippen LogP contribution in [0.2, 0.25) is 0 Å². The molecule has 1 fully saturated rings. The van der Waals surface area contributed by atoms with Gasteiger partial charge in [-0.3, -0.25) is 0 Å². The molecule has 8 heteroatoms. The van der Waals surface area contributed by atoms with E-state index in [9.17, 15) is 17.6 Å². The first-order valence-corrected chi connectivity index (χ1v) is 12.1.